The molecule has 2 unspecified atom stereocenters. The van der Waals surface area contributed by atoms with Crippen LogP contribution in [-0.2, 0) is 6.54 Å². The van der Waals surface area contributed by atoms with E-state index in [0.717, 1.165) is 5.69 Å². The summed E-state index contributed by atoms with van der Waals surface area (Å²) >= 11 is 0. The fourth-order valence-corrected chi connectivity index (χ4v) is 3.85. The standard InChI is InChI=1S/C26H31F2N3O3/c1-4-21(32)15-22(33)13-14-31-23(16(2)3)24(29-25(31)17-5-9-19(27)10-6-17)30-26(34)18-7-11-20(28)12-8-18/h5-12,16,21-22,32-33H,4,13-15H2,1-3H3,(H,30,34). The Hall–Kier alpha value is -3.10. The molecule has 0 aliphatic heterocycles. The number of hydrogen-bond acceptors (Lipinski definition) is 4. The van der Waals surface area contributed by atoms with Gasteiger partial charge in [-0.15, -0.1) is 0 Å². The number of aliphatic hydroxyl groups is 2. The molecule has 0 saturated carbocycles. The summed E-state index contributed by atoms with van der Waals surface area (Å²) in [6.07, 6.45) is -0.102. The van der Waals surface area contributed by atoms with Crippen molar-refractivity contribution in [3.63, 3.8) is 0 Å². The SMILES string of the molecule is CCC(O)CC(O)CCn1c(-c2ccc(F)cc2)nc(NC(=O)c2ccc(F)cc2)c1C(C)C. The molecule has 6 nitrogen and oxygen atoms in total. The van der Waals surface area contributed by atoms with Crippen LogP contribution in [0, 0.1) is 11.6 Å². The van der Waals surface area contributed by atoms with Gasteiger partial charge in [0.1, 0.15) is 17.5 Å². The number of nitrogens with zero attached hydrogens (tertiary/aromatic N) is 2. The van der Waals surface area contributed by atoms with Crippen molar-refractivity contribution in [3.05, 3.63) is 71.4 Å². The largest absolute Gasteiger partial charge is 0.393 e. The first-order chi connectivity index (χ1) is 16.2. The summed E-state index contributed by atoms with van der Waals surface area (Å²) in [5.74, 6) is -0.395. The predicted octanol–water partition coefficient (Wildman–Crippen LogP) is 5.12. The van der Waals surface area contributed by atoms with Gasteiger partial charge in [-0.25, -0.2) is 13.8 Å². The van der Waals surface area contributed by atoms with Crippen molar-refractivity contribution >= 4 is 11.7 Å². The Morgan fingerprint density at radius 2 is 1.59 bits per heavy atom. The van der Waals surface area contributed by atoms with Crippen LogP contribution in [0.1, 0.15) is 62.0 Å². The molecular formula is C26H31F2N3O3. The van der Waals surface area contributed by atoms with Gasteiger partial charge in [-0.05, 0) is 73.7 Å². The highest BCUT2D eigenvalue weighted by atomic mass is 19.1. The van der Waals surface area contributed by atoms with Crippen molar-refractivity contribution in [2.24, 2.45) is 0 Å². The van der Waals surface area contributed by atoms with Crippen molar-refractivity contribution < 1.29 is 23.8 Å². The van der Waals surface area contributed by atoms with Gasteiger partial charge in [0.2, 0.25) is 0 Å². The monoisotopic (exact) mass is 471 g/mol. The van der Waals surface area contributed by atoms with E-state index in [-0.39, 0.29) is 23.7 Å². The van der Waals surface area contributed by atoms with Crippen molar-refractivity contribution in [1.82, 2.24) is 9.55 Å². The first-order valence-electron chi connectivity index (χ1n) is 11.5. The number of aliphatic hydroxyl groups excluding tert-OH is 2. The van der Waals surface area contributed by atoms with Crippen molar-refractivity contribution in [3.8, 4) is 11.4 Å². The second-order valence-electron chi connectivity index (χ2n) is 8.68. The lowest BCUT2D eigenvalue weighted by Gasteiger charge is -2.19. The smallest absolute Gasteiger partial charge is 0.256 e. The van der Waals surface area contributed by atoms with E-state index in [1.165, 1.54) is 36.4 Å². The summed E-state index contributed by atoms with van der Waals surface area (Å²) in [7, 11) is 0. The van der Waals surface area contributed by atoms with Crippen LogP contribution in [0.15, 0.2) is 48.5 Å². The zero-order chi connectivity index (χ0) is 24.8. The molecule has 0 spiro atoms. The lowest BCUT2D eigenvalue weighted by Crippen LogP contribution is -2.20. The molecule has 3 rings (SSSR count). The van der Waals surface area contributed by atoms with E-state index < -0.39 is 23.9 Å². The number of benzene rings is 2. The molecule has 2 atom stereocenters. The highest BCUT2D eigenvalue weighted by Gasteiger charge is 2.23. The third-order valence-electron chi connectivity index (χ3n) is 5.70. The Kier molecular flexibility index (Phi) is 8.52. The predicted molar refractivity (Wildman–Crippen MR) is 128 cm³/mol. The number of nitrogens with one attached hydrogen (secondary N) is 1. The van der Waals surface area contributed by atoms with Gasteiger partial charge < -0.3 is 20.1 Å². The van der Waals surface area contributed by atoms with E-state index in [0.29, 0.717) is 36.6 Å². The summed E-state index contributed by atoms with van der Waals surface area (Å²) in [6.45, 7) is 6.17. The number of halogens is 2. The van der Waals surface area contributed by atoms with Crippen LogP contribution in [-0.4, -0.2) is 37.9 Å². The minimum Gasteiger partial charge on any atom is -0.393 e. The fourth-order valence-electron chi connectivity index (χ4n) is 3.85. The van der Waals surface area contributed by atoms with Gasteiger partial charge in [0.05, 0.1) is 17.9 Å². The quantitative estimate of drug-likeness (QED) is 0.383. The van der Waals surface area contributed by atoms with Crippen LogP contribution in [0.2, 0.25) is 0 Å². The number of amides is 1. The van der Waals surface area contributed by atoms with Gasteiger partial charge in [0.15, 0.2) is 5.82 Å². The summed E-state index contributed by atoms with van der Waals surface area (Å²) in [4.78, 5) is 17.5. The Morgan fingerprint density at radius 1 is 1.00 bits per heavy atom. The maximum atomic E-state index is 13.5. The van der Waals surface area contributed by atoms with Crippen LogP contribution in [0.5, 0.6) is 0 Å². The highest BCUT2D eigenvalue weighted by Crippen LogP contribution is 2.32. The molecule has 2 aromatic carbocycles. The van der Waals surface area contributed by atoms with Crippen LogP contribution in [0.3, 0.4) is 0 Å². The molecule has 34 heavy (non-hydrogen) atoms. The summed E-state index contributed by atoms with van der Waals surface area (Å²) in [5, 5.41) is 23.1. The molecule has 1 aromatic heterocycles. The van der Waals surface area contributed by atoms with E-state index in [1.54, 1.807) is 12.1 Å². The summed E-state index contributed by atoms with van der Waals surface area (Å²) in [5.41, 5.74) is 1.70. The average molecular weight is 472 g/mol. The lowest BCUT2D eigenvalue weighted by atomic mass is 10.1. The summed E-state index contributed by atoms with van der Waals surface area (Å²) in [6, 6.07) is 11.1. The Bertz CT molecular complexity index is 1100. The van der Waals surface area contributed by atoms with E-state index in [4.69, 9.17) is 0 Å². The zero-order valence-corrected chi connectivity index (χ0v) is 19.6. The second kappa shape index (κ2) is 11.4. The molecule has 3 aromatic rings. The Labute approximate surface area is 198 Å². The average Bonchev–Trinajstić information content (AvgIpc) is 3.16. The number of hydrogen-bond donors (Lipinski definition) is 3. The summed E-state index contributed by atoms with van der Waals surface area (Å²) < 4.78 is 28.7. The Balaban J connectivity index is 1.98. The molecule has 0 radical (unpaired) electrons. The fraction of sp³-hybridized carbons (Fsp3) is 0.385. The minimum atomic E-state index is -0.712. The number of imidazole rings is 1. The number of anilines is 1. The molecule has 3 N–H and O–H groups in total. The van der Waals surface area contributed by atoms with E-state index in [1.807, 2.05) is 25.3 Å². The first-order valence-corrected chi connectivity index (χ1v) is 11.5. The second-order valence-corrected chi connectivity index (χ2v) is 8.68. The van der Waals surface area contributed by atoms with Crippen LogP contribution in [0.25, 0.3) is 11.4 Å². The topological polar surface area (TPSA) is 87.4 Å². The third kappa shape index (κ3) is 6.27. The van der Waals surface area contributed by atoms with Crippen molar-refractivity contribution in [1.29, 1.82) is 0 Å². The van der Waals surface area contributed by atoms with Gasteiger partial charge in [-0.2, -0.15) is 0 Å². The zero-order valence-electron chi connectivity index (χ0n) is 19.6. The molecule has 0 aliphatic carbocycles. The normalized spacial score (nSPS) is 13.2. The van der Waals surface area contributed by atoms with E-state index in [2.05, 4.69) is 10.3 Å². The van der Waals surface area contributed by atoms with Gasteiger partial charge in [0, 0.05) is 17.7 Å². The van der Waals surface area contributed by atoms with Crippen molar-refractivity contribution in [2.75, 3.05) is 5.32 Å². The van der Waals surface area contributed by atoms with Gasteiger partial charge in [-0.3, -0.25) is 4.79 Å². The number of rotatable bonds is 10. The van der Waals surface area contributed by atoms with Gasteiger partial charge >= 0.3 is 0 Å². The van der Waals surface area contributed by atoms with Crippen LogP contribution >= 0.6 is 0 Å². The molecule has 182 valence electrons. The maximum absolute atomic E-state index is 13.5. The number of aromatic nitrogens is 2. The van der Waals surface area contributed by atoms with Crippen LogP contribution < -0.4 is 5.32 Å². The molecule has 1 amide bonds. The third-order valence-corrected chi connectivity index (χ3v) is 5.70. The maximum Gasteiger partial charge on any atom is 0.256 e. The van der Waals surface area contributed by atoms with Crippen molar-refractivity contribution in [2.45, 2.75) is 64.7 Å². The number of carbonyl (C=O) groups excluding carboxylic acids is 1. The van der Waals surface area contributed by atoms with E-state index >= 15 is 0 Å². The minimum absolute atomic E-state index is 0.0383. The Morgan fingerprint density at radius 3 is 2.15 bits per heavy atom. The highest BCUT2D eigenvalue weighted by molar-refractivity contribution is 6.04. The molecule has 8 heteroatoms. The van der Waals surface area contributed by atoms with Crippen LogP contribution in [0.4, 0.5) is 14.6 Å². The van der Waals surface area contributed by atoms with Gasteiger partial charge in [-0.1, -0.05) is 20.8 Å². The molecule has 0 bridgehead atoms. The number of carbonyl (C=O) groups is 1. The van der Waals surface area contributed by atoms with E-state index in [9.17, 15) is 23.8 Å². The molecular weight excluding hydrogens is 440 g/mol. The first kappa shape index (κ1) is 25.5. The molecule has 0 aliphatic rings. The molecule has 1 heterocycles. The molecule has 0 saturated heterocycles. The lowest BCUT2D eigenvalue weighted by molar-refractivity contribution is 0.0711. The van der Waals surface area contributed by atoms with Gasteiger partial charge in [0.25, 0.3) is 5.91 Å². The molecule has 0 fully saturated rings.